The summed E-state index contributed by atoms with van der Waals surface area (Å²) in [6, 6.07) is 5.47. The van der Waals surface area contributed by atoms with Gasteiger partial charge in [0.15, 0.2) is 0 Å². The molecule has 1 aliphatic heterocycles. The van der Waals surface area contributed by atoms with Crippen molar-refractivity contribution in [3.05, 3.63) is 34.1 Å². The van der Waals surface area contributed by atoms with Crippen LogP contribution in [0, 0.1) is 5.82 Å². The molecule has 1 unspecified atom stereocenters. The van der Waals surface area contributed by atoms with E-state index in [0.29, 0.717) is 30.0 Å². The summed E-state index contributed by atoms with van der Waals surface area (Å²) in [5.74, 6) is -0.231. The van der Waals surface area contributed by atoms with Gasteiger partial charge in [0.25, 0.3) is 0 Å². The van der Waals surface area contributed by atoms with E-state index >= 15 is 0 Å². The van der Waals surface area contributed by atoms with Gasteiger partial charge in [-0.3, -0.25) is 9.69 Å². The Morgan fingerprint density at radius 2 is 2.22 bits per heavy atom. The lowest BCUT2D eigenvalue weighted by Crippen LogP contribution is -2.46. The molecular formula is C16H24BrClFN3O. The second-order valence-electron chi connectivity index (χ2n) is 5.71. The number of hydrogen-bond donors (Lipinski definition) is 2. The molecule has 0 spiro atoms. The molecule has 0 aromatic heterocycles. The number of nitrogens with zero attached hydrogens (tertiary/aromatic N) is 1. The van der Waals surface area contributed by atoms with Crippen molar-refractivity contribution >= 4 is 34.2 Å². The Balaban J connectivity index is 0.00000264. The summed E-state index contributed by atoms with van der Waals surface area (Å²) in [5, 5.41) is 2.96. The molecule has 0 saturated carbocycles. The van der Waals surface area contributed by atoms with E-state index in [4.69, 9.17) is 5.73 Å². The second-order valence-corrected chi connectivity index (χ2v) is 6.57. The number of carbonyl (C=O) groups is 1. The van der Waals surface area contributed by atoms with Crippen molar-refractivity contribution in [3.8, 4) is 0 Å². The lowest BCUT2D eigenvalue weighted by atomic mass is 10.0. The predicted molar refractivity (Wildman–Crippen MR) is 96.1 cm³/mol. The number of piperidine rings is 1. The molecule has 0 radical (unpaired) electrons. The monoisotopic (exact) mass is 407 g/mol. The maximum atomic E-state index is 13.3. The van der Waals surface area contributed by atoms with Gasteiger partial charge in [0.2, 0.25) is 5.91 Å². The Bertz CT molecular complexity index is 518. The van der Waals surface area contributed by atoms with E-state index in [2.05, 4.69) is 26.1 Å². The summed E-state index contributed by atoms with van der Waals surface area (Å²) in [5.41, 5.74) is 6.46. The van der Waals surface area contributed by atoms with E-state index in [1.54, 1.807) is 0 Å². The SMILES string of the molecule is Cl.NCCC(=O)NCC1CCCCN1Cc1ccc(F)c(Br)c1. The fourth-order valence-corrected chi connectivity index (χ4v) is 3.25. The molecule has 0 aliphatic carbocycles. The molecular weight excluding hydrogens is 385 g/mol. The third-order valence-electron chi connectivity index (χ3n) is 4.03. The van der Waals surface area contributed by atoms with Crippen LogP contribution in [0.15, 0.2) is 22.7 Å². The lowest BCUT2D eigenvalue weighted by Gasteiger charge is -2.36. The number of hydrogen-bond acceptors (Lipinski definition) is 3. The summed E-state index contributed by atoms with van der Waals surface area (Å²) in [6.07, 6.45) is 3.79. The Labute approximate surface area is 151 Å². The van der Waals surface area contributed by atoms with Crippen molar-refractivity contribution in [1.82, 2.24) is 10.2 Å². The van der Waals surface area contributed by atoms with Gasteiger partial charge in [-0.2, -0.15) is 0 Å². The van der Waals surface area contributed by atoms with E-state index in [-0.39, 0.29) is 24.1 Å². The summed E-state index contributed by atoms with van der Waals surface area (Å²) in [6.45, 7) is 2.81. The second kappa shape index (κ2) is 10.2. The summed E-state index contributed by atoms with van der Waals surface area (Å²) in [4.78, 5) is 13.9. The first-order valence-electron chi connectivity index (χ1n) is 7.75. The maximum Gasteiger partial charge on any atom is 0.221 e. The molecule has 4 nitrogen and oxygen atoms in total. The van der Waals surface area contributed by atoms with Gasteiger partial charge < -0.3 is 11.1 Å². The number of nitrogens with one attached hydrogen (secondary N) is 1. The maximum absolute atomic E-state index is 13.3. The lowest BCUT2D eigenvalue weighted by molar-refractivity contribution is -0.121. The minimum atomic E-state index is -0.243. The Morgan fingerprint density at radius 1 is 1.43 bits per heavy atom. The molecule has 1 atom stereocenters. The van der Waals surface area contributed by atoms with Crippen molar-refractivity contribution in [2.24, 2.45) is 5.73 Å². The van der Waals surface area contributed by atoms with Crippen molar-refractivity contribution in [3.63, 3.8) is 0 Å². The van der Waals surface area contributed by atoms with Gasteiger partial charge in [-0.15, -0.1) is 12.4 Å². The highest BCUT2D eigenvalue weighted by molar-refractivity contribution is 9.10. The van der Waals surface area contributed by atoms with E-state index in [0.717, 1.165) is 31.5 Å². The highest BCUT2D eigenvalue weighted by Crippen LogP contribution is 2.22. The van der Waals surface area contributed by atoms with Crippen LogP contribution in [-0.2, 0) is 11.3 Å². The van der Waals surface area contributed by atoms with Gasteiger partial charge in [-0.1, -0.05) is 12.5 Å². The van der Waals surface area contributed by atoms with Crippen molar-refractivity contribution < 1.29 is 9.18 Å². The van der Waals surface area contributed by atoms with Crippen molar-refractivity contribution in [2.75, 3.05) is 19.6 Å². The van der Waals surface area contributed by atoms with Crippen LogP contribution >= 0.6 is 28.3 Å². The molecule has 130 valence electrons. The fourth-order valence-electron chi connectivity index (χ4n) is 2.82. The molecule has 1 saturated heterocycles. The van der Waals surface area contributed by atoms with Gasteiger partial charge >= 0.3 is 0 Å². The molecule has 1 amide bonds. The Morgan fingerprint density at radius 3 is 2.91 bits per heavy atom. The topological polar surface area (TPSA) is 58.4 Å². The summed E-state index contributed by atoms with van der Waals surface area (Å²) < 4.78 is 13.8. The molecule has 1 heterocycles. The van der Waals surface area contributed by atoms with Crippen molar-refractivity contribution in [2.45, 2.75) is 38.3 Å². The quantitative estimate of drug-likeness (QED) is 0.761. The third kappa shape index (κ3) is 6.37. The Kier molecular flexibility index (Phi) is 9.06. The number of rotatable bonds is 6. The molecule has 1 aromatic rings. The molecule has 0 bridgehead atoms. The van der Waals surface area contributed by atoms with Crippen LogP contribution < -0.4 is 11.1 Å². The largest absolute Gasteiger partial charge is 0.354 e. The smallest absolute Gasteiger partial charge is 0.221 e. The standard InChI is InChI=1S/C16H23BrFN3O.ClH/c17-14-9-12(4-5-15(14)18)11-21-8-2-1-3-13(21)10-20-16(22)6-7-19;/h4-5,9,13H,1-3,6-8,10-11,19H2,(H,20,22);1H. The Hall–Kier alpha value is -0.690. The van der Waals surface area contributed by atoms with Crippen LogP contribution in [0.1, 0.15) is 31.2 Å². The zero-order valence-electron chi connectivity index (χ0n) is 13.1. The van der Waals surface area contributed by atoms with Crippen molar-refractivity contribution in [1.29, 1.82) is 0 Å². The minimum Gasteiger partial charge on any atom is -0.354 e. The van der Waals surface area contributed by atoms with Crippen LogP contribution in [0.25, 0.3) is 0 Å². The molecule has 2 rings (SSSR count). The van der Waals surface area contributed by atoms with Crippen LogP contribution in [0.2, 0.25) is 0 Å². The molecule has 23 heavy (non-hydrogen) atoms. The first kappa shape index (κ1) is 20.4. The average Bonchev–Trinajstić information content (AvgIpc) is 2.50. The zero-order chi connectivity index (χ0) is 15.9. The summed E-state index contributed by atoms with van der Waals surface area (Å²) in [7, 11) is 0. The first-order chi connectivity index (χ1) is 10.6. The third-order valence-corrected chi connectivity index (χ3v) is 4.63. The number of benzene rings is 1. The highest BCUT2D eigenvalue weighted by Gasteiger charge is 2.23. The molecule has 1 fully saturated rings. The van der Waals surface area contributed by atoms with Gasteiger partial charge in [0, 0.05) is 32.1 Å². The molecule has 3 N–H and O–H groups in total. The number of amides is 1. The van der Waals surface area contributed by atoms with Crippen LogP contribution in [-0.4, -0.2) is 36.5 Å². The number of nitrogens with two attached hydrogens (primary N) is 1. The average molecular weight is 409 g/mol. The van der Waals surface area contributed by atoms with Gasteiger partial charge in [0.1, 0.15) is 5.82 Å². The predicted octanol–water partition coefficient (Wildman–Crippen LogP) is 2.83. The van der Waals surface area contributed by atoms with Gasteiger partial charge in [-0.05, 0) is 53.0 Å². The number of halogens is 3. The van der Waals surface area contributed by atoms with Gasteiger partial charge in [0.05, 0.1) is 4.47 Å². The van der Waals surface area contributed by atoms with E-state index in [1.165, 1.54) is 12.5 Å². The first-order valence-corrected chi connectivity index (χ1v) is 8.54. The number of likely N-dealkylation sites (tertiary alicyclic amines) is 1. The van der Waals surface area contributed by atoms with E-state index in [1.807, 2.05) is 12.1 Å². The van der Waals surface area contributed by atoms with Crippen LogP contribution in [0.5, 0.6) is 0 Å². The zero-order valence-corrected chi connectivity index (χ0v) is 15.5. The highest BCUT2D eigenvalue weighted by atomic mass is 79.9. The normalized spacial score (nSPS) is 18.3. The summed E-state index contributed by atoms with van der Waals surface area (Å²) >= 11 is 3.23. The van der Waals surface area contributed by atoms with E-state index in [9.17, 15) is 9.18 Å². The molecule has 7 heteroatoms. The molecule has 1 aliphatic rings. The van der Waals surface area contributed by atoms with Gasteiger partial charge in [-0.25, -0.2) is 4.39 Å². The molecule has 1 aromatic carbocycles. The van der Waals surface area contributed by atoms with Crippen LogP contribution in [0.3, 0.4) is 0 Å². The van der Waals surface area contributed by atoms with E-state index < -0.39 is 0 Å². The minimum absolute atomic E-state index is 0. The fraction of sp³-hybridized carbons (Fsp3) is 0.562. The number of carbonyl (C=O) groups excluding carboxylic acids is 1. The van der Waals surface area contributed by atoms with Crippen LogP contribution in [0.4, 0.5) is 4.39 Å².